The van der Waals surface area contributed by atoms with Gasteiger partial charge in [0.1, 0.15) is 5.78 Å². The van der Waals surface area contributed by atoms with Gasteiger partial charge in [-0.2, -0.15) is 0 Å². The Kier molecular flexibility index (Phi) is 17.3. The Morgan fingerprint density at radius 3 is 1.78 bits per heavy atom. The second-order valence-corrected chi connectivity index (χ2v) is 4.76. The normalized spacial score (nSPS) is 9.83. The summed E-state index contributed by atoms with van der Waals surface area (Å²) in [5, 5.41) is 0. The molecule has 102 valence electrons. The van der Waals surface area contributed by atoms with Crippen molar-refractivity contribution in [2.24, 2.45) is 5.73 Å². The van der Waals surface area contributed by atoms with Crippen LogP contribution in [0.3, 0.4) is 0 Å². The number of hydrogen-bond donors (Lipinski definition) is 1. The van der Waals surface area contributed by atoms with E-state index in [9.17, 15) is 9.59 Å². The van der Waals surface area contributed by atoms with Crippen LogP contribution >= 0.6 is 0 Å². The standard InChI is InChI=1S/C14H27NO2.Na.H/c1-2-3-4-5-6-7-8-9-10-11-13(16)12-14(15)17;;/h2-12H2,1H3,(H2,15,17);;/q;+1;-1. The molecule has 4 heteroatoms. The summed E-state index contributed by atoms with van der Waals surface area (Å²) < 4.78 is 0. The summed E-state index contributed by atoms with van der Waals surface area (Å²) in [6.07, 6.45) is 11.6. The number of carbonyl (C=O) groups excluding carboxylic acids is 2. The minimum absolute atomic E-state index is 0. The topological polar surface area (TPSA) is 60.2 Å². The predicted molar refractivity (Wildman–Crippen MR) is 71.8 cm³/mol. The molecule has 1 amide bonds. The van der Waals surface area contributed by atoms with Gasteiger partial charge in [-0.05, 0) is 6.42 Å². The molecule has 0 aliphatic rings. The molecular formula is C14H28NNaO2. The third-order valence-electron chi connectivity index (χ3n) is 2.93. The van der Waals surface area contributed by atoms with E-state index in [0.29, 0.717) is 6.42 Å². The van der Waals surface area contributed by atoms with Gasteiger partial charge in [-0.15, -0.1) is 0 Å². The molecule has 0 heterocycles. The molecule has 0 aromatic heterocycles. The van der Waals surface area contributed by atoms with Gasteiger partial charge < -0.3 is 7.16 Å². The second kappa shape index (κ2) is 15.2. The number of rotatable bonds is 12. The van der Waals surface area contributed by atoms with Crippen LogP contribution in [0.15, 0.2) is 0 Å². The van der Waals surface area contributed by atoms with Gasteiger partial charge in [0.15, 0.2) is 0 Å². The smallest absolute Gasteiger partial charge is 1.00 e. The van der Waals surface area contributed by atoms with Crippen LogP contribution in [0.25, 0.3) is 0 Å². The Bertz CT molecular complexity index is 225. The number of ketones is 1. The van der Waals surface area contributed by atoms with Gasteiger partial charge in [0.25, 0.3) is 0 Å². The van der Waals surface area contributed by atoms with Gasteiger partial charge in [-0.3, -0.25) is 9.59 Å². The Balaban J connectivity index is -0.00000128. The number of unbranched alkanes of at least 4 members (excludes halogenated alkanes) is 8. The molecule has 0 aromatic carbocycles. The number of nitrogens with two attached hydrogens (primary N) is 1. The third-order valence-corrected chi connectivity index (χ3v) is 2.93. The Labute approximate surface area is 135 Å². The van der Waals surface area contributed by atoms with Crippen molar-refractivity contribution in [3.05, 3.63) is 0 Å². The molecule has 0 radical (unpaired) electrons. The molecule has 0 spiro atoms. The van der Waals surface area contributed by atoms with Crippen LogP contribution < -0.4 is 35.3 Å². The minimum Gasteiger partial charge on any atom is -1.00 e. The quantitative estimate of drug-likeness (QED) is 0.317. The Morgan fingerprint density at radius 1 is 0.889 bits per heavy atom. The molecular weight excluding hydrogens is 237 g/mol. The van der Waals surface area contributed by atoms with Crippen LogP contribution in [0, 0.1) is 0 Å². The molecule has 0 saturated carbocycles. The van der Waals surface area contributed by atoms with E-state index in [1.807, 2.05) is 0 Å². The van der Waals surface area contributed by atoms with Gasteiger partial charge in [0, 0.05) is 6.42 Å². The van der Waals surface area contributed by atoms with Crippen molar-refractivity contribution in [2.75, 3.05) is 0 Å². The van der Waals surface area contributed by atoms with Crippen molar-refractivity contribution < 1.29 is 40.6 Å². The monoisotopic (exact) mass is 265 g/mol. The maximum atomic E-state index is 11.2. The fourth-order valence-electron chi connectivity index (χ4n) is 1.92. The maximum Gasteiger partial charge on any atom is 1.00 e. The summed E-state index contributed by atoms with van der Waals surface area (Å²) in [6.45, 7) is 2.23. The molecule has 0 rings (SSSR count). The van der Waals surface area contributed by atoms with E-state index < -0.39 is 5.91 Å². The SMILES string of the molecule is CCCCCCCCCCCC(=O)CC(N)=O.[H-].[Na+]. The van der Waals surface area contributed by atoms with Crippen molar-refractivity contribution in [1.82, 2.24) is 0 Å². The fraction of sp³-hybridized carbons (Fsp3) is 0.857. The zero-order valence-electron chi connectivity index (χ0n) is 13.2. The first kappa shape index (κ1) is 20.5. The Morgan fingerprint density at radius 2 is 1.33 bits per heavy atom. The molecule has 3 nitrogen and oxygen atoms in total. The largest absolute Gasteiger partial charge is 1.00 e. The van der Waals surface area contributed by atoms with Crippen LogP contribution in [0.1, 0.15) is 79.0 Å². The van der Waals surface area contributed by atoms with E-state index in [4.69, 9.17) is 5.73 Å². The van der Waals surface area contributed by atoms with Crippen molar-refractivity contribution in [3.8, 4) is 0 Å². The number of Topliss-reactive ketones (excluding diaryl/α,β-unsaturated/α-hetero) is 1. The van der Waals surface area contributed by atoms with E-state index in [1.165, 1.54) is 44.9 Å². The van der Waals surface area contributed by atoms with E-state index >= 15 is 0 Å². The van der Waals surface area contributed by atoms with E-state index in [2.05, 4.69) is 6.92 Å². The maximum absolute atomic E-state index is 11.2. The van der Waals surface area contributed by atoms with Gasteiger partial charge in [0.05, 0.1) is 6.42 Å². The third kappa shape index (κ3) is 16.1. The molecule has 0 aliphatic heterocycles. The first-order valence-electron chi connectivity index (χ1n) is 6.96. The number of carbonyl (C=O) groups is 2. The number of hydrogen-bond acceptors (Lipinski definition) is 2. The fourth-order valence-corrected chi connectivity index (χ4v) is 1.92. The van der Waals surface area contributed by atoms with Crippen LogP contribution in [-0.2, 0) is 9.59 Å². The molecule has 0 saturated heterocycles. The molecule has 0 fully saturated rings. The molecule has 0 aromatic rings. The van der Waals surface area contributed by atoms with Gasteiger partial charge in [0.2, 0.25) is 5.91 Å². The zero-order chi connectivity index (χ0) is 12.9. The second-order valence-electron chi connectivity index (χ2n) is 4.76. The van der Waals surface area contributed by atoms with E-state index in [-0.39, 0.29) is 43.2 Å². The average molecular weight is 265 g/mol. The summed E-state index contributed by atoms with van der Waals surface area (Å²) in [4.78, 5) is 21.6. The summed E-state index contributed by atoms with van der Waals surface area (Å²) in [5.74, 6) is -0.522. The van der Waals surface area contributed by atoms with Crippen molar-refractivity contribution in [2.45, 2.75) is 77.6 Å². The van der Waals surface area contributed by atoms with Crippen LogP contribution in [0.2, 0.25) is 0 Å². The van der Waals surface area contributed by atoms with Gasteiger partial charge in [-0.1, -0.05) is 58.3 Å². The van der Waals surface area contributed by atoms with E-state index in [1.54, 1.807) is 0 Å². The summed E-state index contributed by atoms with van der Waals surface area (Å²) in [6, 6.07) is 0. The van der Waals surface area contributed by atoms with Crippen molar-refractivity contribution >= 4 is 11.7 Å². The first-order chi connectivity index (χ1) is 8.16. The van der Waals surface area contributed by atoms with Crippen molar-refractivity contribution in [3.63, 3.8) is 0 Å². The summed E-state index contributed by atoms with van der Waals surface area (Å²) in [5.41, 5.74) is 4.94. The molecule has 2 N–H and O–H groups in total. The number of primary amides is 1. The van der Waals surface area contributed by atoms with Crippen molar-refractivity contribution in [1.29, 1.82) is 0 Å². The number of amides is 1. The molecule has 0 atom stereocenters. The zero-order valence-corrected chi connectivity index (χ0v) is 14.2. The Hall–Kier alpha value is 0.140. The predicted octanol–water partition coefficient (Wildman–Crippen LogP) is 0.468. The van der Waals surface area contributed by atoms with Gasteiger partial charge in [-0.25, -0.2) is 0 Å². The summed E-state index contributed by atoms with van der Waals surface area (Å²) >= 11 is 0. The van der Waals surface area contributed by atoms with E-state index in [0.717, 1.165) is 12.8 Å². The molecule has 0 aliphatic carbocycles. The molecule has 0 bridgehead atoms. The first-order valence-corrected chi connectivity index (χ1v) is 6.96. The average Bonchev–Trinajstić information content (AvgIpc) is 2.26. The molecule has 18 heavy (non-hydrogen) atoms. The van der Waals surface area contributed by atoms with Gasteiger partial charge >= 0.3 is 29.6 Å². The van der Waals surface area contributed by atoms with Crippen LogP contribution in [0.4, 0.5) is 0 Å². The molecule has 0 unspecified atom stereocenters. The van der Waals surface area contributed by atoms with Crippen LogP contribution in [-0.4, -0.2) is 11.7 Å². The summed E-state index contributed by atoms with van der Waals surface area (Å²) in [7, 11) is 0. The minimum atomic E-state index is -0.508. The van der Waals surface area contributed by atoms with Crippen LogP contribution in [0.5, 0.6) is 0 Å².